The number of nitrogens with zero attached hydrogens (tertiary/aromatic N) is 1. The Hall–Kier alpha value is -1.92. The minimum Gasteiger partial charge on any atom is -0.497 e. The molecular formula is C11H12F3NO3. The summed E-state index contributed by atoms with van der Waals surface area (Å²) in [4.78, 5) is 0. The van der Waals surface area contributed by atoms with E-state index in [1.54, 1.807) is 0 Å². The fourth-order valence-corrected chi connectivity index (χ4v) is 1.26. The molecule has 0 heterocycles. The molecule has 1 aromatic rings. The monoisotopic (exact) mass is 263 g/mol. The molecule has 1 N–H and O–H groups in total. The molecule has 0 aliphatic carbocycles. The molecule has 0 saturated heterocycles. The molecule has 7 heteroatoms. The van der Waals surface area contributed by atoms with Crippen LogP contribution in [0.15, 0.2) is 23.4 Å². The Kier molecular flexibility index (Phi) is 4.41. The van der Waals surface area contributed by atoms with E-state index < -0.39 is 12.8 Å². The number of rotatable bonds is 4. The van der Waals surface area contributed by atoms with Crippen LogP contribution in [0.4, 0.5) is 13.2 Å². The van der Waals surface area contributed by atoms with Crippen LogP contribution >= 0.6 is 0 Å². The second kappa shape index (κ2) is 5.61. The molecule has 18 heavy (non-hydrogen) atoms. The van der Waals surface area contributed by atoms with Crippen LogP contribution in [-0.4, -0.2) is 30.8 Å². The highest BCUT2D eigenvalue weighted by Gasteiger charge is 2.29. The van der Waals surface area contributed by atoms with Crippen molar-refractivity contribution in [3.63, 3.8) is 0 Å². The number of oxime groups is 1. The number of alkyl halides is 3. The third-order valence-corrected chi connectivity index (χ3v) is 2.12. The minimum atomic E-state index is -4.44. The van der Waals surface area contributed by atoms with Crippen LogP contribution in [0.2, 0.25) is 0 Å². The van der Waals surface area contributed by atoms with E-state index in [1.807, 2.05) is 0 Å². The summed E-state index contributed by atoms with van der Waals surface area (Å²) in [6.45, 7) is 0.0220. The molecule has 0 aromatic heterocycles. The molecule has 0 atom stereocenters. The molecule has 1 rings (SSSR count). The highest BCUT2D eigenvalue weighted by molar-refractivity contribution is 6.00. The Morgan fingerprint density at radius 1 is 1.39 bits per heavy atom. The predicted octanol–water partition coefficient (Wildman–Crippen LogP) is 2.83. The van der Waals surface area contributed by atoms with Crippen LogP contribution in [0, 0.1) is 0 Å². The summed E-state index contributed by atoms with van der Waals surface area (Å²) in [7, 11) is 1.38. The van der Waals surface area contributed by atoms with E-state index >= 15 is 0 Å². The van der Waals surface area contributed by atoms with E-state index in [-0.39, 0.29) is 17.0 Å². The average Bonchev–Trinajstić information content (AvgIpc) is 2.34. The van der Waals surface area contributed by atoms with Crippen LogP contribution in [0.1, 0.15) is 12.5 Å². The number of methoxy groups -OCH3 is 1. The van der Waals surface area contributed by atoms with Gasteiger partial charge in [0, 0.05) is 11.6 Å². The Labute approximate surface area is 102 Å². The quantitative estimate of drug-likeness (QED) is 0.516. The molecule has 0 amide bonds. The minimum absolute atomic E-state index is 0.0537. The third-order valence-electron chi connectivity index (χ3n) is 2.12. The van der Waals surface area contributed by atoms with E-state index in [1.165, 1.54) is 32.2 Å². The molecule has 0 saturated carbocycles. The lowest BCUT2D eigenvalue weighted by molar-refractivity contribution is -0.153. The lowest BCUT2D eigenvalue weighted by Gasteiger charge is -2.13. The Morgan fingerprint density at radius 2 is 2.06 bits per heavy atom. The van der Waals surface area contributed by atoms with Gasteiger partial charge in [-0.05, 0) is 19.1 Å². The van der Waals surface area contributed by atoms with Crippen molar-refractivity contribution < 1.29 is 27.9 Å². The van der Waals surface area contributed by atoms with Crippen molar-refractivity contribution in [3.05, 3.63) is 23.8 Å². The summed E-state index contributed by atoms with van der Waals surface area (Å²) in [6.07, 6.45) is -4.44. The van der Waals surface area contributed by atoms with Gasteiger partial charge in [0.2, 0.25) is 0 Å². The van der Waals surface area contributed by atoms with Crippen molar-refractivity contribution in [1.82, 2.24) is 0 Å². The average molecular weight is 263 g/mol. The van der Waals surface area contributed by atoms with E-state index in [4.69, 9.17) is 9.94 Å². The van der Waals surface area contributed by atoms with Crippen molar-refractivity contribution in [3.8, 4) is 11.5 Å². The fraction of sp³-hybridized carbons (Fsp3) is 0.364. The molecule has 4 nitrogen and oxygen atoms in total. The summed E-state index contributed by atoms with van der Waals surface area (Å²) in [5, 5.41) is 11.6. The van der Waals surface area contributed by atoms with Crippen molar-refractivity contribution in [2.75, 3.05) is 13.7 Å². The van der Waals surface area contributed by atoms with Crippen LogP contribution in [0.3, 0.4) is 0 Å². The zero-order valence-corrected chi connectivity index (χ0v) is 9.78. The molecule has 100 valence electrons. The van der Waals surface area contributed by atoms with E-state index in [2.05, 4.69) is 9.89 Å². The zero-order valence-electron chi connectivity index (χ0n) is 9.78. The van der Waals surface area contributed by atoms with E-state index in [0.717, 1.165) is 0 Å². The molecule has 0 aliphatic rings. The Morgan fingerprint density at radius 3 is 2.56 bits per heavy atom. The zero-order chi connectivity index (χ0) is 13.8. The lowest BCUT2D eigenvalue weighted by atomic mass is 10.1. The maximum absolute atomic E-state index is 12.1. The van der Waals surface area contributed by atoms with Gasteiger partial charge < -0.3 is 14.7 Å². The van der Waals surface area contributed by atoms with Gasteiger partial charge in [0.25, 0.3) is 0 Å². The van der Waals surface area contributed by atoms with Crippen LogP contribution in [-0.2, 0) is 0 Å². The number of ether oxygens (including phenoxy) is 2. The van der Waals surface area contributed by atoms with Crippen molar-refractivity contribution >= 4 is 5.71 Å². The number of halogens is 3. The molecule has 0 unspecified atom stereocenters. The molecule has 0 radical (unpaired) electrons. The van der Waals surface area contributed by atoms with Crippen molar-refractivity contribution in [2.45, 2.75) is 13.1 Å². The Balaban J connectivity index is 3.04. The van der Waals surface area contributed by atoms with Gasteiger partial charge in [-0.2, -0.15) is 13.2 Å². The second-order valence-electron chi connectivity index (χ2n) is 3.45. The van der Waals surface area contributed by atoms with Gasteiger partial charge in [-0.25, -0.2) is 0 Å². The standard InChI is InChI=1S/C11H12F3NO3/c1-7(15-16)9-4-3-8(17-2)5-10(9)18-6-11(12,13)14/h3-5,16H,6H2,1-2H3/b15-7+. The highest BCUT2D eigenvalue weighted by Crippen LogP contribution is 2.27. The van der Waals surface area contributed by atoms with Gasteiger partial charge in [0.05, 0.1) is 12.8 Å². The Bertz CT molecular complexity index is 444. The molecule has 0 bridgehead atoms. The van der Waals surface area contributed by atoms with Gasteiger partial charge in [-0.1, -0.05) is 5.16 Å². The number of hydrogen-bond donors (Lipinski definition) is 1. The van der Waals surface area contributed by atoms with Crippen LogP contribution in [0.5, 0.6) is 11.5 Å². The van der Waals surface area contributed by atoms with E-state index in [9.17, 15) is 13.2 Å². The number of benzene rings is 1. The first-order chi connectivity index (χ1) is 8.37. The molecule has 0 spiro atoms. The van der Waals surface area contributed by atoms with E-state index in [0.29, 0.717) is 5.75 Å². The summed E-state index contributed by atoms with van der Waals surface area (Å²) in [5.74, 6) is 0.295. The van der Waals surface area contributed by atoms with Gasteiger partial charge in [-0.15, -0.1) is 0 Å². The van der Waals surface area contributed by atoms with Gasteiger partial charge in [-0.3, -0.25) is 0 Å². The first-order valence-electron chi connectivity index (χ1n) is 4.94. The maximum Gasteiger partial charge on any atom is 0.422 e. The van der Waals surface area contributed by atoms with Crippen LogP contribution < -0.4 is 9.47 Å². The maximum atomic E-state index is 12.1. The summed E-state index contributed by atoms with van der Waals surface area (Å²) < 4.78 is 45.9. The van der Waals surface area contributed by atoms with Crippen molar-refractivity contribution in [2.24, 2.45) is 5.16 Å². The SMILES string of the molecule is COc1ccc(/C(C)=N/O)c(OCC(F)(F)F)c1. The van der Waals surface area contributed by atoms with Crippen LogP contribution in [0.25, 0.3) is 0 Å². The first-order valence-corrected chi connectivity index (χ1v) is 4.94. The predicted molar refractivity (Wildman–Crippen MR) is 58.5 cm³/mol. The highest BCUT2D eigenvalue weighted by atomic mass is 19.4. The summed E-state index contributed by atoms with van der Waals surface area (Å²) in [6, 6.07) is 4.29. The smallest absolute Gasteiger partial charge is 0.422 e. The fourth-order valence-electron chi connectivity index (χ4n) is 1.26. The van der Waals surface area contributed by atoms with Gasteiger partial charge in [0.1, 0.15) is 11.5 Å². The first kappa shape index (κ1) is 14.1. The molecule has 0 fully saturated rings. The third kappa shape index (κ3) is 3.83. The number of hydrogen-bond acceptors (Lipinski definition) is 4. The van der Waals surface area contributed by atoms with Crippen molar-refractivity contribution in [1.29, 1.82) is 0 Å². The second-order valence-corrected chi connectivity index (χ2v) is 3.45. The topological polar surface area (TPSA) is 51.0 Å². The largest absolute Gasteiger partial charge is 0.497 e. The molecular weight excluding hydrogens is 251 g/mol. The molecule has 0 aliphatic heterocycles. The van der Waals surface area contributed by atoms with Gasteiger partial charge >= 0.3 is 6.18 Å². The molecule has 1 aromatic carbocycles. The normalized spacial score (nSPS) is 12.4. The summed E-state index contributed by atoms with van der Waals surface area (Å²) >= 11 is 0. The lowest BCUT2D eigenvalue weighted by Crippen LogP contribution is -2.20. The summed E-state index contributed by atoms with van der Waals surface area (Å²) in [5.41, 5.74) is 0.414. The van der Waals surface area contributed by atoms with Gasteiger partial charge in [0.15, 0.2) is 6.61 Å².